The first kappa shape index (κ1) is 18.3. The van der Waals surface area contributed by atoms with Crippen LogP contribution in [0.25, 0.3) is 10.4 Å². The highest BCUT2D eigenvalue weighted by Gasteiger charge is 2.22. The summed E-state index contributed by atoms with van der Waals surface area (Å²) in [6, 6.07) is 17.3. The van der Waals surface area contributed by atoms with Crippen LogP contribution in [0.2, 0.25) is 0 Å². The quantitative estimate of drug-likeness (QED) is 0.683. The lowest BCUT2D eigenvalue weighted by Gasteiger charge is -2.16. The number of aryl methyl sites for hydroxylation is 1. The maximum atomic E-state index is 12.5. The molecule has 0 atom stereocenters. The summed E-state index contributed by atoms with van der Waals surface area (Å²) in [4.78, 5) is 26.4. The second-order valence-corrected chi connectivity index (χ2v) is 7.54. The number of rotatable bonds is 5. The molecule has 0 radical (unpaired) electrons. The van der Waals surface area contributed by atoms with Crippen LogP contribution in [0, 0.1) is 0 Å². The third-order valence-electron chi connectivity index (χ3n) is 4.63. The second kappa shape index (κ2) is 7.86. The van der Waals surface area contributed by atoms with Crippen LogP contribution in [-0.4, -0.2) is 18.4 Å². The highest BCUT2D eigenvalue weighted by molar-refractivity contribution is 7.17. The Labute approximate surface area is 167 Å². The largest absolute Gasteiger partial charge is 0.488 e. The molecule has 142 valence electrons. The van der Waals surface area contributed by atoms with E-state index in [1.165, 1.54) is 11.3 Å². The lowest BCUT2D eigenvalue weighted by atomic mass is 10.1. The van der Waals surface area contributed by atoms with Crippen LogP contribution in [-0.2, 0) is 17.8 Å². The van der Waals surface area contributed by atoms with E-state index in [1.807, 2.05) is 61.5 Å². The summed E-state index contributed by atoms with van der Waals surface area (Å²) in [6.07, 6.45) is 0.826. The molecule has 1 aliphatic heterocycles. The van der Waals surface area contributed by atoms with E-state index in [0.29, 0.717) is 11.5 Å². The third kappa shape index (κ3) is 3.64. The van der Waals surface area contributed by atoms with Gasteiger partial charge in [-0.1, -0.05) is 37.3 Å². The molecule has 0 fully saturated rings. The number of amides is 2. The molecule has 28 heavy (non-hydrogen) atoms. The van der Waals surface area contributed by atoms with Gasteiger partial charge in [-0.3, -0.25) is 9.59 Å². The Morgan fingerprint density at radius 1 is 1.11 bits per heavy atom. The molecule has 4 rings (SSSR count). The van der Waals surface area contributed by atoms with Gasteiger partial charge >= 0.3 is 0 Å². The van der Waals surface area contributed by atoms with Crippen molar-refractivity contribution in [2.75, 3.05) is 11.9 Å². The van der Waals surface area contributed by atoms with Gasteiger partial charge in [0.15, 0.2) is 0 Å². The van der Waals surface area contributed by atoms with Crippen LogP contribution in [0.1, 0.15) is 27.7 Å². The number of thiophene rings is 1. The SMILES string of the molecule is CCc1ccccc1NC(=O)CNC(=O)c1cc2c(s1)-c1ccccc1OC2. The maximum absolute atomic E-state index is 12.5. The topological polar surface area (TPSA) is 67.4 Å². The zero-order chi connectivity index (χ0) is 19.5. The van der Waals surface area contributed by atoms with Crippen LogP contribution in [0.3, 0.4) is 0 Å². The maximum Gasteiger partial charge on any atom is 0.261 e. The average Bonchev–Trinajstić information content (AvgIpc) is 3.17. The first-order valence-electron chi connectivity index (χ1n) is 9.16. The zero-order valence-electron chi connectivity index (χ0n) is 15.5. The molecule has 3 aromatic rings. The Morgan fingerprint density at radius 3 is 2.75 bits per heavy atom. The van der Waals surface area contributed by atoms with Crippen LogP contribution in [0.5, 0.6) is 5.75 Å². The van der Waals surface area contributed by atoms with Gasteiger partial charge in [0.05, 0.1) is 11.4 Å². The fraction of sp³-hybridized carbons (Fsp3) is 0.182. The van der Waals surface area contributed by atoms with Crippen LogP contribution in [0.15, 0.2) is 54.6 Å². The van der Waals surface area contributed by atoms with Crippen molar-refractivity contribution in [1.29, 1.82) is 0 Å². The number of ether oxygens (including phenoxy) is 1. The van der Waals surface area contributed by atoms with Crippen LogP contribution < -0.4 is 15.4 Å². The van der Waals surface area contributed by atoms with E-state index in [0.717, 1.165) is 39.4 Å². The number of para-hydroxylation sites is 2. The molecule has 1 aromatic heterocycles. The Balaban J connectivity index is 1.41. The Kier molecular flexibility index (Phi) is 5.12. The molecule has 2 amide bonds. The number of carbonyl (C=O) groups excluding carboxylic acids is 2. The number of fused-ring (bicyclic) bond motifs is 3. The Bertz CT molecular complexity index is 1040. The first-order chi connectivity index (χ1) is 13.7. The van der Waals surface area contributed by atoms with Crippen molar-refractivity contribution in [3.05, 3.63) is 70.6 Å². The predicted molar refractivity (Wildman–Crippen MR) is 111 cm³/mol. The van der Waals surface area contributed by atoms with E-state index in [-0.39, 0.29) is 18.4 Å². The van der Waals surface area contributed by atoms with Gasteiger partial charge in [-0.2, -0.15) is 0 Å². The highest BCUT2D eigenvalue weighted by Crippen LogP contribution is 2.42. The van der Waals surface area contributed by atoms with Crippen molar-refractivity contribution >= 4 is 28.8 Å². The van der Waals surface area contributed by atoms with Crippen molar-refractivity contribution < 1.29 is 14.3 Å². The fourth-order valence-corrected chi connectivity index (χ4v) is 4.32. The minimum atomic E-state index is -0.254. The van der Waals surface area contributed by atoms with Crippen molar-refractivity contribution in [2.24, 2.45) is 0 Å². The molecule has 0 aliphatic carbocycles. The van der Waals surface area contributed by atoms with E-state index in [1.54, 1.807) is 0 Å². The van der Waals surface area contributed by atoms with Gasteiger partial charge in [0.25, 0.3) is 5.91 Å². The number of nitrogens with one attached hydrogen (secondary N) is 2. The molecule has 2 aromatic carbocycles. The summed E-state index contributed by atoms with van der Waals surface area (Å²) < 4.78 is 5.74. The van der Waals surface area contributed by atoms with Gasteiger partial charge in [-0.15, -0.1) is 11.3 Å². The zero-order valence-corrected chi connectivity index (χ0v) is 16.3. The van der Waals surface area contributed by atoms with E-state index < -0.39 is 0 Å². The number of hydrogen-bond acceptors (Lipinski definition) is 4. The van der Waals surface area contributed by atoms with Gasteiger partial charge in [0, 0.05) is 21.7 Å². The normalized spacial score (nSPS) is 11.8. The summed E-state index contributed by atoms with van der Waals surface area (Å²) in [5, 5.41) is 5.57. The Morgan fingerprint density at radius 2 is 1.89 bits per heavy atom. The molecule has 1 aliphatic rings. The molecule has 6 heteroatoms. The van der Waals surface area contributed by atoms with E-state index in [9.17, 15) is 9.59 Å². The molecule has 0 bridgehead atoms. The summed E-state index contributed by atoms with van der Waals surface area (Å²) >= 11 is 1.42. The smallest absolute Gasteiger partial charge is 0.261 e. The minimum absolute atomic E-state index is 0.0768. The molecule has 0 saturated heterocycles. The van der Waals surface area contributed by atoms with E-state index in [4.69, 9.17) is 4.74 Å². The van der Waals surface area contributed by atoms with E-state index >= 15 is 0 Å². The van der Waals surface area contributed by atoms with Gasteiger partial charge in [0.2, 0.25) is 5.91 Å². The van der Waals surface area contributed by atoms with Crippen LogP contribution in [0.4, 0.5) is 5.69 Å². The van der Waals surface area contributed by atoms with E-state index in [2.05, 4.69) is 10.6 Å². The van der Waals surface area contributed by atoms with Gasteiger partial charge < -0.3 is 15.4 Å². The third-order valence-corrected chi connectivity index (χ3v) is 5.84. The standard InChI is InChI=1S/C22H20N2O3S/c1-2-14-7-3-5-9-17(14)24-20(25)12-23-22(26)19-11-15-13-27-18-10-6-4-8-16(18)21(15)28-19/h3-11H,2,12-13H2,1H3,(H,23,26)(H,24,25). The lowest BCUT2D eigenvalue weighted by molar-refractivity contribution is -0.115. The molecule has 2 N–H and O–H groups in total. The van der Waals surface area contributed by atoms with Crippen molar-refractivity contribution in [2.45, 2.75) is 20.0 Å². The minimum Gasteiger partial charge on any atom is -0.488 e. The van der Waals surface area contributed by atoms with Gasteiger partial charge in [-0.25, -0.2) is 0 Å². The van der Waals surface area contributed by atoms with Crippen molar-refractivity contribution in [3.63, 3.8) is 0 Å². The predicted octanol–water partition coefficient (Wildman–Crippen LogP) is 4.24. The monoisotopic (exact) mass is 392 g/mol. The summed E-state index contributed by atoms with van der Waals surface area (Å²) in [7, 11) is 0. The lowest BCUT2D eigenvalue weighted by Crippen LogP contribution is -2.32. The molecule has 5 nitrogen and oxygen atoms in total. The molecule has 0 unspecified atom stereocenters. The van der Waals surface area contributed by atoms with Gasteiger partial charge in [-0.05, 0) is 36.2 Å². The molecular weight excluding hydrogens is 372 g/mol. The Hall–Kier alpha value is -3.12. The first-order valence-corrected chi connectivity index (χ1v) is 9.98. The van der Waals surface area contributed by atoms with Crippen molar-refractivity contribution in [1.82, 2.24) is 5.32 Å². The van der Waals surface area contributed by atoms with Gasteiger partial charge in [0.1, 0.15) is 12.4 Å². The fourth-order valence-electron chi connectivity index (χ4n) is 3.20. The summed E-state index contributed by atoms with van der Waals surface area (Å²) in [5.74, 6) is 0.331. The van der Waals surface area contributed by atoms with Crippen LogP contribution >= 0.6 is 11.3 Å². The molecule has 2 heterocycles. The number of anilines is 1. The highest BCUT2D eigenvalue weighted by atomic mass is 32.1. The average molecular weight is 392 g/mol. The summed E-state index contributed by atoms with van der Waals surface area (Å²) in [6.45, 7) is 2.41. The number of hydrogen-bond donors (Lipinski definition) is 2. The second-order valence-electron chi connectivity index (χ2n) is 6.49. The molecule has 0 spiro atoms. The number of benzene rings is 2. The molecule has 0 saturated carbocycles. The number of carbonyl (C=O) groups is 2. The summed E-state index contributed by atoms with van der Waals surface area (Å²) in [5.41, 5.74) is 3.84. The van der Waals surface area contributed by atoms with Crippen molar-refractivity contribution in [3.8, 4) is 16.2 Å². The molecular formula is C22H20N2O3S.